The third-order valence-electron chi connectivity index (χ3n) is 2.58. The summed E-state index contributed by atoms with van der Waals surface area (Å²) in [6.07, 6.45) is 0. The molecule has 0 fully saturated rings. The summed E-state index contributed by atoms with van der Waals surface area (Å²) in [5.41, 5.74) is 1.37. The van der Waals surface area contributed by atoms with E-state index in [2.05, 4.69) is 15.9 Å². The summed E-state index contributed by atoms with van der Waals surface area (Å²) in [6, 6.07) is 10.3. The molecule has 0 saturated carbocycles. The highest BCUT2D eigenvalue weighted by atomic mass is 79.9. The van der Waals surface area contributed by atoms with Gasteiger partial charge in [-0.25, -0.2) is 4.39 Å². The van der Waals surface area contributed by atoms with E-state index in [0.29, 0.717) is 16.3 Å². The molecule has 0 saturated heterocycles. The van der Waals surface area contributed by atoms with Gasteiger partial charge in [0.2, 0.25) is 0 Å². The minimum Gasteiger partial charge on any atom is -0.488 e. The Balaban J connectivity index is 2.19. The maximum atomic E-state index is 13.6. The SMILES string of the molecule is Cc1ccc(Br)cc1OCc1c(F)cccc1Cl. The Bertz CT molecular complexity index is 551. The molecule has 0 aliphatic heterocycles. The first-order chi connectivity index (χ1) is 8.58. The molecule has 1 nitrogen and oxygen atoms in total. The molecule has 2 aromatic carbocycles. The van der Waals surface area contributed by atoms with Crippen molar-refractivity contribution in [2.24, 2.45) is 0 Å². The van der Waals surface area contributed by atoms with Gasteiger partial charge in [0.25, 0.3) is 0 Å². The average molecular weight is 330 g/mol. The van der Waals surface area contributed by atoms with E-state index in [1.54, 1.807) is 12.1 Å². The molecule has 0 heterocycles. The fourth-order valence-corrected chi connectivity index (χ4v) is 2.11. The van der Waals surface area contributed by atoms with Crippen molar-refractivity contribution >= 4 is 27.5 Å². The predicted molar refractivity (Wildman–Crippen MR) is 74.6 cm³/mol. The second-order valence-electron chi connectivity index (χ2n) is 3.90. The van der Waals surface area contributed by atoms with Crippen LogP contribution in [0.15, 0.2) is 40.9 Å². The largest absolute Gasteiger partial charge is 0.488 e. The molecule has 0 radical (unpaired) electrons. The van der Waals surface area contributed by atoms with E-state index in [4.69, 9.17) is 16.3 Å². The van der Waals surface area contributed by atoms with Crippen LogP contribution in [0.5, 0.6) is 5.75 Å². The van der Waals surface area contributed by atoms with Crippen molar-refractivity contribution in [1.29, 1.82) is 0 Å². The Kier molecular flexibility index (Phi) is 4.25. The van der Waals surface area contributed by atoms with E-state index in [0.717, 1.165) is 10.0 Å². The topological polar surface area (TPSA) is 9.23 Å². The van der Waals surface area contributed by atoms with Crippen LogP contribution in [0.4, 0.5) is 4.39 Å². The van der Waals surface area contributed by atoms with E-state index < -0.39 is 0 Å². The molecular formula is C14H11BrClFO. The van der Waals surface area contributed by atoms with Gasteiger partial charge in [0.15, 0.2) is 0 Å². The number of aryl methyl sites for hydroxylation is 1. The molecule has 0 aromatic heterocycles. The molecule has 2 rings (SSSR count). The Labute approximate surface area is 119 Å². The average Bonchev–Trinajstić information content (AvgIpc) is 2.33. The second kappa shape index (κ2) is 5.72. The monoisotopic (exact) mass is 328 g/mol. The highest BCUT2D eigenvalue weighted by Gasteiger charge is 2.08. The van der Waals surface area contributed by atoms with Crippen molar-refractivity contribution < 1.29 is 9.13 Å². The van der Waals surface area contributed by atoms with Crippen LogP contribution in [0.1, 0.15) is 11.1 Å². The van der Waals surface area contributed by atoms with Gasteiger partial charge in [0.05, 0.1) is 5.02 Å². The third kappa shape index (κ3) is 3.03. The van der Waals surface area contributed by atoms with Crippen LogP contribution in [-0.2, 0) is 6.61 Å². The molecule has 0 spiro atoms. The van der Waals surface area contributed by atoms with E-state index in [1.807, 2.05) is 25.1 Å². The van der Waals surface area contributed by atoms with Crippen LogP contribution >= 0.6 is 27.5 Å². The van der Waals surface area contributed by atoms with Crippen LogP contribution in [0.2, 0.25) is 5.02 Å². The van der Waals surface area contributed by atoms with Gasteiger partial charge >= 0.3 is 0 Å². The maximum absolute atomic E-state index is 13.6. The lowest BCUT2D eigenvalue weighted by atomic mass is 10.2. The predicted octanol–water partition coefficient (Wildman–Crippen LogP) is 5.13. The normalized spacial score (nSPS) is 10.4. The van der Waals surface area contributed by atoms with Crippen molar-refractivity contribution in [2.75, 3.05) is 0 Å². The van der Waals surface area contributed by atoms with Crippen LogP contribution < -0.4 is 4.74 Å². The summed E-state index contributed by atoms with van der Waals surface area (Å²) in [5.74, 6) is 0.360. The number of rotatable bonds is 3. The first kappa shape index (κ1) is 13.4. The summed E-state index contributed by atoms with van der Waals surface area (Å²) in [5, 5.41) is 0.377. The van der Waals surface area contributed by atoms with Crippen molar-refractivity contribution in [2.45, 2.75) is 13.5 Å². The van der Waals surface area contributed by atoms with Crippen LogP contribution in [0, 0.1) is 12.7 Å². The molecule has 0 aliphatic rings. The molecule has 0 amide bonds. The number of hydrogen-bond donors (Lipinski definition) is 0. The Morgan fingerprint density at radius 3 is 2.78 bits per heavy atom. The molecule has 2 aromatic rings. The zero-order valence-electron chi connectivity index (χ0n) is 9.71. The van der Waals surface area contributed by atoms with Crippen molar-refractivity contribution in [3.05, 3.63) is 62.8 Å². The quantitative estimate of drug-likeness (QED) is 0.758. The lowest BCUT2D eigenvalue weighted by Gasteiger charge is -2.11. The van der Waals surface area contributed by atoms with E-state index >= 15 is 0 Å². The van der Waals surface area contributed by atoms with Gasteiger partial charge < -0.3 is 4.74 Å². The minimum absolute atomic E-state index is 0.114. The van der Waals surface area contributed by atoms with Gasteiger partial charge in [-0.15, -0.1) is 0 Å². The number of ether oxygens (including phenoxy) is 1. The summed E-state index contributed by atoms with van der Waals surface area (Å²) >= 11 is 9.31. The maximum Gasteiger partial charge on any atom is 0.131 e. The van der Waals surface area contributed by atoms with Gasteiger partial charge in [0.1, 0.15) is 18.2 Å². The molecule has 18 heavy (non-hydrogen) atoms. The van der Waals surface area contributed by atoms with Gasteiger partial charge in [-0.2, -0.15) is 0 Å². The number of halogens is 3. The first-order valence-corrected chi connectivity index (χ1v) is 6.57. The van der Waals surface area contributed by atoms with E-state index in [1.165, 1.54) is 6.07 Å². The van der Waals surface area contributed by atoms with Crippen LogP contribution in [-0.4, -0.2) is 0 Å². The van der Waals surface area contributed by atoms with Crippen LogP contribution in [0.3, 0.4) is 0 Å². The summed E-state index contributed by atoms with van der Waals surface area (Å²) in [6.45, 7) is 2.05. The Hall–Kier alpha value is -1.06. The smallest absolute Gasteiger partial charge is 0.131 e. The van der Waals surface area contributed by atoms with E-state index in [9.17, 15) is 4.39 Å². The van der Waals surface area contributed by atoms with Gasteiger partial charge in [0, 0.05) is 10.0 Å². The molecule has 4 heteroatoms. The number of benzene rings is 2. The molecule has 0 bridgehead atoms. The molecule has 94 valence electrons. The molecule has 0 unspecified atom stereocenters. The van der Waals surface area contributed by atoms with E-state index in [-0.39, 0.29) is 12.4 Å². The summed E-state index contributed by atoms with van der Waals surface area (Å²) < 4.78 is 20.1. The standard InChI is InChI=1S/C14H11BrClFO/c1-9-5-6-10(15)7-14(9)18-8-11-12(16)3-2-4-13(11)17/h2-7H,8H2,1H3. The second-order valence-corrected chi connectivity index (χ2v) is 5.22. The Morgan fingerprint density at radius 1 is 1.28 bits per heavy atom. The van der Waals surface area contributed by atoms with Gasteiger partial charge in [-0.05, 0) is 36.8 Å². The lowest BCUT2D eigenvalue weighted by molar-refractivity contribution is 0.298. The molecule has 0 atom stereocenters. The zero-order chi connectivity index (χ0) is 13.1. The van der Waals surface area contributed by atoms with Crippen molar-refractivity contribution in [3.63, 3.8) is 0 Å². The van der Waals surface area contributed by atoms with Gasteiger partial charge in [-0.1, -0.05) is 39.7 Å². The Morgan fingerprint density at radius 2 is 2.06 bits per heavy atom. The first-order valence-electron chi connectivity index (χ1n) is 5.40. The summed E-state index contributed by atoms with van der Waals surface area (Å²) in [4.78, 5) is 0. The molecular weight excluding hydrogens is 319 g/mol. The summed E-state index contributed by atoms with van der Waals surface area (Å²) in [7, 11) is 0. The zero-order valence-corrected chi connectivity index (χ0v) is 12.1. The lowest BCUT2D eigenvalue weighted by Crippen LogP contribution is -2.00. The fraction of sp³-hybridized carbons (Fsp3) is 0.143. The number of hydrogen-bond acceptors (Lipinski definition) is 1. The van der Waals surface area contributed by atoms with Crippen LogP contribution in [0.25, 0.3) is 0 Å². The fourth-order valence-electron chi connectivity index (χ4n) is 1.55. The highest BCUT2D eigenvalue weighted by Crippen LogP contribution is 2.26. The molecule has 0 N–H and O–H groups in total. The highest BCUT2D eigenvalue weighted by molar-refractivity contribution is 9.10. The van der Waals surface area contributed by atoms with Gasteiger partial charge in [-0.3, -0.25) is 0 Å². The third-order valence-corrected chi connectivity index (χ3v) is 3.43. The molecule has 0 aliphatic carbocycles. The minimum atomic E-state index is -0.352. The van der Waals surface area contributed by atoms with Crippen molar-refractivity contribution in [1.82, 2.24) is 0 Å². The van der Waals surface area contributed by atoms with Crippen molar-refractivity contribution in [3.8, 4) is 5.75 Å².